The highest BCUT2D eigenvalue weighted by atomic mass is 32.1. The molecule has 2 N–H and O–H groups in total. The molecule has 1 atom stereocenters. The van der Waals surface area contributed by atoms with Gasteiger partial charge in [0.05, 0.1) is 0 Å². The third-order valence-electron chi connectivity index (χ3n) is 4.74. The second-order valence-electron chi connectivity index (χ2n) is 7.13. The average molecular weight is 387 g/mol. The molecule has 3 aromatic rings. The quantitative estimate of drug-likeness (QED) is 0.704. The molecular weight excluding hydrogens is 366 g/mol. The van der Waals surface area contributed by atoms with Gasteiger partial charge in [-0.05, 0) is 23.9 Å². The number of hydrogen-bond donors (Lipinski definition) is 2. The van der Waals surface area contributed by atoms with E-state index in [1.807, 2.05) is 35.8 Å². The minimum atomic E-state index is -0.309. The fourth-order valence-electron chi connectivity index (χ4n) is 3.45. The summed E-state index contributed by atoms with van der Waals surface area (Å²) in [5.41, 5.74) is 0.236. The van der Waals surface area contributed by atoms with E-state index in [1.54, 1.807) is 11.3 Å². The number of hydrogen-bond acceptors (Lipinski definition) is 5. The van der Waals surface area contributed by atoms with Gasteiger partial charge in [-0.3, -0.25) is 18.8 Å². The fraction of sp³-hybridized carbons (Fsp3) is 0.444. The molecule has 0 radical (unpaired) electrons. The number of thiophene rings is 1. The van der Waals surface area contributed by atoms with E-state index in [2.05, 4.69) is 15.7 Å². The Balaban J connectivity index is 1.67. The van der Waals surface area contributed by atoms with Gasteiger partial charge in [0.15, 0.2) is 0 Å². The lowest BCUT2D eigenvalue weighted by molar-refractivity contribution is -0.125. The van der Waals surface area contributed by atoms with Crippen LogP contribution < -0.4 is 16.2 Å². The van der Waals surface area contributed by atoms with E-state index < -0.39 is 0 Å². The molecule has 8 nitrogen and oxygen atoms in total. The molecule has 4 heterocycles. The number of piperidine rings is 1. The van der Waals surface area contributed by atoms with Crippen molar-refractivity contribution in [3.63, 3.8) is 0 Å². The second kappa shape index (κ2) is 6.80. The Labute approximate surface area is 159 Å². The summed E-state index contributed by atoms with van der Waals surface area (Å²) in [5, 5.41) is 13.0. The van der Waals surface area contributed by atoms with Crippen molar-refractivity contribution in [2.45, 2.75) is 45.2 Å². The highest BCUT2D eigenvalue weighted by Crippen LogP contribution is 2.26. The molecular formula is C18H21N5O3S. The van der Waals surface area contributed by atoms with Crippen molar-refractivity contribution in [2.75, 3.05) is 6.54 Å². The molecule has 1 fully saturated rings. The predicted octanol–water partition coefficient (Wildman–Crippen LogP) is 1.23. The molecule has 1 saturated heterocycles. The summed E-state index contributed by atoms with van der Waals surface area (Å²) >= 11 is 1.56. The van der Waals surface area contributed by atoms with Gasteiger partial charge in [-0.2, -0.15) is 5.10 Å². The number of rotatable bonds is 4. The van der Waals surface area contributed by atoms with Gasteiger partial charge in [0.1, 0.15) is 22.7 Å². The average Bonchev–Trinajstić information content (AvgIpc) is 3.18. The Hall–Kier alpha value is -2.68. The van der Waals surface area contributed by atoms with Crippen molar-refractivity contribution in [3.8, 4) is 0 Å². The predicted molar refractivity (Wildman–Crippen MR) is 103 cm³/mol. The second-order valence-corrected chi connectivity index (χ2v) is 8.02. The largest absolute Gasteiger partial charge is 0.356 e. The van der Waals surface area contributed by atoms with Crippen molar-refractivity contribution < 1.29 is 9.59 Å². The molecule has 1 aliphatic heterocycles. The summed E-state index contributed by atoms with van der Waals surface area (Å²) in [5.74, 6) is 0.449. The third kappa shape index (κ3) is 3.23. The minimum Gasteiger partial charge on any atom is -0.356 e. The van der Waals surface area contributed by atoms with Crippen LogP contribution in [-0.4, -0.2) is 38.6 Å². The molecule has 0 aromatic carbocycles. The Kier molecular flexibility index (Phi) is 4.47. The van der Waals surface area contributed by atoms with Gasteiger partial charge < -0.3 is 10.6 Å². The summed E-state index contributed by atoms with van der Waals surface area (Å²) in [6, 6.07) is 3.62. The lowest BCUT2D eigenvalue weighted by Gasteiger charge is -2.23. The van der Waals surface area contributed by atoms with Crippen LogP contribution in [0.2, 0.25) is 0 Å². The molecule has 9 heteroatoms. The number of carbonyl (C=O) groups is 2. The highest BCUT2D eigenvalue weighted by Gasteiger charge is 2.22. The number of nitrogens with one attached hydrogen (secondary N) is 2. The molecule has 2 amide bonds. The first-order valence-electron chi connectivity index (χ1n) is 9.00. The molecule has 27 heavy (non-hydrogen) atoms. The summed E-state index contributed by atoms with van der Waals surface area (Å²) in [4.78, 5) is 37.8. The molecule has 1 aliphatic rings. The van der Waals surface area contributed by atoms with Crippen molar-refractivity contribution in [2.24, 2.45) is 0 Å². The van der Waals surface area contributed by atoms with Gasteiger partial charge in [-0.1, -0.05) is 13.8 Å². The van der Waals surface area contributed by atoms with Crippen LogP contribution in [-0.2, 0) is 16.1 Å². The number of aromatic nitrogens is 3. The number of carbonyl (C=O) groups excluding carboxylic acids is 2. The summed E-state index contributed by atoms with van der Waals surface area (Å²) in [6.07, 6.45) is 0.949. The first-order chi connectivity index (χ1) is 12.9. The summed E-state index contributed by atoms with van der Waals surface area (Å²) in [6.45, 7) is 4.41. The van der Waals surface area contributed by atoms with Crippen molar-refractivity contribution in [3.05, 3.63) is 33.7 Å². The molecule has 0 spiro atoms. The van der Waals surface area contributed by atoms with E-state index in [0.717, 1.165) is 16.0 Å². The van der Waals surface area contributed by atoms with Crippen molar-refractivity contribution in [1.82, 2.24) is 24.8 Å². The topological polar surface area (TPSA) is 97.5 Å². The number of fused-ring (bicyclic) bond motifs is 3. The monoisotopic (exact) mass is 387 g/mol. The Morgan fingerprint density at radius 1 is 1.44 bits per heavy atom. The Bertz CT molecular complexity index is 1090. The van der Waals surface area contributed by atoms with Crippen LogP contribution in [0, 0.1) is 0 Å². The zero-order chi connectivity index (χ0) is 19.1. The van der Waals surface area contributed by atoms with Gasteiger partial charge >= 0.3 is 0 Å². The van der Waals surface area contributed by atoms with Crippen LogP contribution in [0.15, 0.2) is 22.3 Å². The Morgan fingerprint density at radius 2 is 2.26 bits per heavy atom. The van der Waals surface area contributed by atoms with Gasteiger partial charge in [-0.15, -0.1) is 11.3 Å². The van der Waals surface area contributed by atoms with Crippen LogP contribution >= 0.6 is 11.3 Å². The maximum atomic E-state index is 12.9. The van der Waals surface area contributed by atoms with E-state index in [1.165, 1.54) is 4.68 Å². The lowest BCUT2D eigenvalue weighted by atomic mass is 10.1. The van der Waals surface area contributed by atoms with Crippen LogP contribution in [0.5, 0.6) is 0 Å². The molecule has 1 unspecified atom stereocenters. The lowest BCUT2D eigenvalue weighted by Crippen LogP contribution is -2.47. The zero-order valence-electron chi connectivity index (χ0n) is 15.2. The smallest absolute Gasteiger partial charge is 0.291 e. The molecule has 142 valence electrons. The van der Waals surface area contributed by atoms with Gasteiger partial charge in [0.2, 0.25) is 11.8 Å². The first-order valence-corrected chi connectivity index (χ1v) is 9.87. The van der Waals surface area contributed by atoms with Crippen molar-refractivity contribution in [1.29, 1.82) is 0 Å². The van der Waals surface area contributed by atoms with E-state index in [9.17, 15) is 14.4 Å². The SMILES string of the molecule is CC(C)c1nn(CC(=O)NC2CCNC(=O)C2)c(=O)c2cc3ccsc3n12. The first kappa shape index (κ1) is 17.7. The van der Waals surface area contributed by atoms with E-state index in [-0.39, 0.29) is 42.3 Å². The van der Waals surface area contributed by atoms with E-state index in [4.69, 9.17) is 0 Å². The normalized spacial score (nSPS) is 17.6. The van der Waals surface area contributed by atoms with Crippen molar-refractivity contribution >= 4 is 38.9 Å². The third-order valence-corrected chi connectivity index (χ3v) is 5.65. The molecule has 0 bridgehead atoms. The number of amides is 2. The Morgan fingerprint density at radius 3 is 3.00 bits per heavy atom. The van der Waals surface area contributed by atoms with Crippen LogP contribution in [0.3, 0.4) is 0 Å². The minimum absolute atomic E-state index is 0.0707. The van der Waals surface area contributed by atoms with Crippen LogP contribution in [0.1, 0.15) is 38.4 Å². The van der Waals surface area contributed by atoms with Gasteiger partial charge in [0, 0.05) is 30.3 Å². The number of nitrogens with zero attached hydrogens (tertiary/aromatic N) is 3. The van der Waals surface area contributed by atoms with Crippen LogP contribution in [0.4, 0.5) is 0 Å². The maximum Gasteiger partial charge on any atom is 0.291 e. The standard InChI is InChI=1S/C18H21N5O3S/c1-10(2)16-21-22(9-15(25)20-12-3-5-19-14(24)8-12)17(26)13-7-11-4-6-27-18(11)23(13)16/h4,6-7,10,12H,3,5,8-9H2,1-2H3,(H,19,24)(H,20,25). The fourth-order valence-corrected chi connectivity index (χ4v) is 4.36. The molecule has 4 rings (SSSR count). The highest BCUT2D eigenvalue weighted by molar-refractivity contribution is 7.16. The van der Waals surface area contributed by atoms with E-state index >= 15 is 0 Å². The molecule has 0 saturated carbocycles. The summed E-state index contributed by atoms with van der Waals surface area (Å²) < 4.78 is 3.12. The van der Waals surface area contributed by atoms with Gasteiger partial charge in [0.25, 0.3) is 5.56 Å². The molecule has 0 aliphatic carbocycles. The zero-order valence-corrected chi connectivity index (χ0v) is 16.0. The van der Waals surface area contributed by atoms with E-state index in [0.29, 0.717) is 18.5 Å². The van der Waals surface area contributed by atoms with Gasteiger partial charge in [-0.25, -0.2) is 4.68 Å². The summed E-state index contributed by atoms with van der Waals surface area (Å²) in [7, 11) is 0. The van der Waals surface area contributed by atoms with Crippen LogP contribution in [0.25, 0.3) is 15.7 Å². The molecule has 3 aromatic heterocycles. The maximum absolute atomic E-state index is 12.9.